The van der Waals surface area contributed by atoms with E-state index in [1.807, 2.05) is 0 Å². The number of rotatable bonds is 5. The van der Waals surface area contributed by atoms with Crippen molar-refractivity contribution >= 4 is 11.9 Å². The lowest BCUT2D eigenvalue weighted by Crippen LogP contribution is -2.42. The second-order valence-electron chi connectivity index (χ2n) is 4.96. The summed E-state index contributed by atoms with van der Waals surface area (Å²) in [5.74, 6) is -0.758. The number of nitrogens with zero attached hydrogens (tertiary/aromatic N) is 1. The lowest BCUT2D eigenvalue weighted by Gasteiger charge is -2.32. The van der Waals surface area contributed by atoms with Crippen molar-refractivity contribution in [2.75, 3.05) is 26.8 Å². The van der Waals surface area contributed by atoms with E-state index < -0.39 is 12.6 Å². The predicted octanol–water partition coefficient (Wildman–Crippen LogP) is 1.40. The molecule has 1 N–H and O–H groups in total. The van der Waals surface area contributed by atoms with Crippen molar-refractivity contribution < 1.29 is 24.2 Å². The average Bonchev–Trinajstić information content (AvgIpc) is 2.52. The van der Waals surface area contributed by atoms with Gasteiger partial charge in [-0.05, 0) is 31.0 Å². The van der Waals surface area contributed by atoms with E-state index >= 15 is 0 Å². The topological polar surface area (TPSA) is 76.1 Å². The molecule has 1 aliphatic heterocycles. The Bertz CT molecular complexity index is 517. The minimum Gasteiger partial charge on any atom is -0.482 e. The summed E-state index contributed by atoms with van der Waals surface area (Å²) in [5.41, 5.74) is 0.495. The highest BCUT2D eigenvalue weighted by atomic mass is 16.5. The predicted molar refractivity (Wildman–Crippen MR) is 75.5 cm³/mol. The number of benzene rings is 1. The number of methoxy groups -OCH3 is 1. The van der Waals surface area contributed by atoms with Crippen LogP contribution in [0.2, 0.25) is 0 Å². The van der Waals surface area contributed by atoms with Crippen molar-refractivity contribution in [2.45, 2.75) is 18.9 Å². The zero-order valence-electron chi connectivity index (χ0n) is 11.9. The molecule has 6 nitrogen and oxygen atoms in total. The monoisotopic (exact) mass is 293 g/mol. The number of carbonyl (C=O) groups is 2. The fraction of sp³-hybridized carbons (Fsp3) is 0.467. The van der Waals surface area contributed by atoms with E-state index in [2.05, 4.69) is 0 Å². The van der Waals surface area contributed by atoms with Gasteiger partial charge < -0.3 is 19.5 Å². The molecule has 1 aliphatic rings. The lowest BCUT2D eigenvalue weighted by atomic mass is 10.1. The number of piperidine rings is 1. The molecule has 0 aliphatic carbocycles. The molecule has 1 unspecified atom stereocenters. The third-order valence-electron chi connectivity index (χ3n) is 3.44. The van der Waals surface area contributed by atoms with Gasteiger partial charge in [-0.1, -0.05) is 6.07 Å². The average molecular weight is 293 g/mol. The van der Waals surface area contributed by atoms with Crippen LogP contribution in [0.25, 0.3) is 0 Å². The first-order valence-electron chi connectivity index (χ1n) is 6.87. The molecule has 1 saturated heterocycles. The van der Waals surface area contributed by atoms with Gasteiger partial charge in [-0.15, -0.1) is 0 Å². The highest BCUT2D eigenvalue weighted by Crippen LogP contribution is 2.18. The van der Waals surface area contributed by atoms with Crippen molar-refractivity contribution in [1.29, 1.82) is 0 Å². The molecule has 1 amide bonds. The van der Waals surface area contributed by atoms with Gasteiger partial charge in [0.25, 0.3) is 5.91 Å². The van der Waals surface area contributed by atoms with Crippen LogP contribution in [0.1, 0.15) is 23.2 Å². The van der Waals surface area contributed by atoms with Gasteiger partial charge in [0.05, 0.1) is 6.10 Å². The number of aliphatic carboxylic acids is 1. The first-order chi connectivity index (χ1) is 10.1. The molecular formula is C15H19NO5. The van der Waals surface area contributed by atoms with E-state index in [9.17, 15) is 9.59 Å². The van der Waals surface area contributed by atoms with Crippen LogP contribution in [-0.4, -0.2) is 54.8 Å². The van der Waals surface area contributed by atoms with Crippen LogP contribution in [0.5, 0.6) is 5.75 Å². The van der Waals surface area contributed by atoms with Crippen molar-refractivity contribution in [3.05, 3.63) is 29.8 Å². The van der Waals surface area contributed by atoms with Gasteiger partial charge >= 0.3 is 5.97 Å². The van der Waals surface area contributed by atoms with Gasteiger partial charge in [0.15, 0.2) is 6.61 Å². The minimum atomic E-state index is -1.05. The quantitative estimate of drug-likeness (QED) is 0.888. The SMILES string of the molecule is COC1CCCN(C(=O)c2cccc(OCC(=O)O)c2)C1. The third kappa shape index (κ3) is 4.19. The van der Waals surface area contributed by atoms with E-state index in [-0.39, 0.29) is 12.0 Å². The van der Waals surface area contributed by atoms with Gasteiger partial charge in [-0.3, -0.25) is 4.79 Å². The molecule has 1 heterocycles. The molecule has 6 heteroatoms. The summed E-state index contributed by atoms with van der Waals surface area (Å²) >= 11 is 0. The van der Waals surface area contributed by atoms with Crippen LogP contribution in [0.4, 0.5) is 0 Å². The molecule has 0 radical (unpaired) electrons. The molecule has 1 atom stereocenters. The number of amides is 1. The Labute approximate surface area is 123 Å². The molecule has 114 valence electrons. The number of hydrogen-bond donors (Lipinski definition) is 1. The van der Waals surface area contributed by atoms with Gasteiger partial charge in [-0.2, -0.15) is 0 Å². The zero-order valence-corrected chi connectivity index (χ0v) is 11.9. The number of ether oxygens (including phenoxy) is 2. The summed E-state index contributed by atoms with van der Waals surface area (Å²) in [6.07, 6.45) is 1.95. The van der Waals surface area contributed by atoms with Gasteiger partial charge in [0.2, 0.25) is 0 Å². The summed E-state index contributed by atoms with van der Waals surface area (Å²) in [6.45, 7) is 0.863. The fourth-order valence-corrected chi connectivity index (χ4v) is 2.36. The smallest absolute Gasteiger partial charge is 0.341 e. The van der Waals surface area contributed by atoms with Crippen LogP contribution in [0, 0.1) is 0 Å². The van der Waals surface area contributed by atoms with Crippen molar-refractivity contribution in [3.63, 3.8) is 0 Å². The fourth-order valence-electron chi connectivity index (χ4n) is 2.36. The van der Waals surface area contributed by atoms with E-state index in [0.29, 0.717) is 24.4 Å². The molecule has 0 bridgehead atoms. The van der Waals surface area contributed by atoms with Crippen LogP contribution in [-0.2, 0) is 9.53 Å². The number of carbonyl (C=O) groups excluding carboxylic acids is 1. The van der Waals surface area contributed by atoms with Crippen LogP contribution in [0.3, 0.4) is 0 Å². The lowest BCUT2D eigenvalue weighted by molar-refractivity contribution is -0.139. The summed E-state index contributed by atoms with van der Waals surface area (Å²) in [6, 6.07) is 6.59. The Balaban J connectivity index is 2.04. The Kier molecular flexibility index (Phi) is 5.16. The molecule has 21 heavy (non-hydrogen) atoms. The summed E-state index contributed by atoms with van der Waals surface area (Å²) in [4.78, 5) is 24.7. The third-order valence-corrected chi connectivity index (χ3v) is 3.44. The molecule has 1 aromatic carbocycles. The molecule has 1 aromatic rings. The van der Waals surface area contributed by atoms with Gasteiger partial charge in [0.1, 0.15) is 5.75 Å². The normalized spacial score (nSPS) is 18.3. The second-order valence-corrected chi connectivity index (χ2v) is 4.96. The Morgan fingerprint density at radius 1 is 1.43 bits per heavy atom. The summed E-state index contributed by atoms with van der Waals surface area (Å²) in [7, 11) is 1.65. The Morgan fingerprint density at radius 2 is 2.24 bits per heavy atom. The Morgan fingerprint density at radius 3 is 2.95 bits per heavy atom. The maximum absolute atomic E-state index is 12.5. The minimum absolute atomic E-state index is 0.0779. The highest BCUT2D eigenvalue weighted by molar-refractivity contribution is 5.94. The number of hydrogen-bond acceptors (Lipinski definition) is 4. The van der Waals surface area contributed by atoms with Crippen LogP contribution < -0.4 is 4.74 Å². The maximum atomic E-state index is 12.5. The molecular weight excluding hydrogens is 274 g/mol. The second kappa shape index (κ2) is 7.08. The number of likely N-dealkylation sites (tertiary alicyclic amines) is 1. The van der Waals surface area contributed by atoms with E-state index in [1.165, 1.54) is 0 Å². The van der Waals surface area contributed by atoms with Crippen molar-refractivity contribution in [1.82, 2.24) is 4.90 Å². The van der Waals surface area contributed by atoms with Gasteiger partial charge in [0, 0.05) is 25.8 Å². The Hall–Kier alpha value is -2.08. The van der Waals surface area contributed by atoms with Crippen LogP contribution >= 0.6 is 0 Å². The summed E-state index contributed by atoms with van der Waals surface area (Å²) in [5, 5.41) is 8.60. The van der Waals surface area contributed by atoms with E-state index in [0.717, 1.165) is 12.8 Å². The first kappa shape index (κ1) is 15.3. The maximum Gasteiger partial charge on any atom is 0.341 e. The number of carboxylic acids is 1. The number of carboxylic acid groups (broad SMARTS) is 1. The summed E-state index contributed by atoms with van der Waals surface area (Å²) < 4.78 is 10.4. The van der Waals surface area contributed by atoms with E-state index in [4.69, 9.17) is 14.6 Å². The first-order valence-corrected chi connectivity index (χ1v) is 6.87. The highest BCUT2D eigenvalue weighted by Gasteiger charge is 2.24. The van der Waals surface area contributed by atoms with Crippen molar-refractivity contribution in [2.24, 2.45) is 0 Å². The standard InChI is InChI=1S/C15H19NO5/c1-20-13-6-3-7-16(9-13)15(19)11-4-2-5-12(8-11)21-10-14(17)18/h2,4-5,8,13H,3,6-7,9-10H2,1H3,(H,17,18). The molecule has 2 rings (SSSR count). The molecule has 0 saturated carbocycles. The van der Waals surface area contributed by atoms with Crippen LogP contribution in [0.15, 0.2) is 24.3 Å². The molecule has 0 aromatic heterocycles. The van der Waals surface area contributed by atoms with E-state index in [1.54, 1.807) is 36.3 Å². The molecule has 0 spiro atoms. The van der Waals surface area contributed by atoms with Crippen molar-refractivity contribution in [3.8, 4) is 5.75 Å². The van der Waals surface area contributed by atoms with Gasteiger partial charge in [-0.25, -0.2) is 4.79 Å². The zero-order chi connectivity index (χ0) is 15.2. The molecule has 1 fully saturated rings. The largest absolute Gasteiger partial charge is 0.482 e.